The Kier molecular flexibility index (Phi) is 5.78. The van der Waals surface area contributed by atoms with Gasteiger partial charge in [0.25, 0.3) is 0 Å². The maximum absolute atomic E-state index is 12.0. The van der Waals surface area contributed by atoms with Gasteiger partial charge in [0.05, 0.1) is 0 Å². The molecule has 2 aromatic carbocycles. The van der Waals surface area contributed by atoms with E-state index < -0.39 is 5.97 Å². The summed E-state index contributed by atoms with van der Waals surface area (Å²) >= 11 is 6.05. The number of aryl methyl sites for hydroxylation is 1. The topological polar surface area (TPSA) is 55.8 Å². The van der Waals surface area contributed by atoms with E-state index in [4.69, 9.17) is 21.1 Å². The third-order valence-corrected chi connectivity index (χ3v) is 4.58. The Morgan fingerprint density at radius 1 is 1.15 bits per heavy atom. The van der Waals surface area contributed by atoms with E-state index in [9.17, 15) is 9.59 Å². The third-order valence-electron chi connectivity index (χ3n) is 4.21. The molecule has 6 heteroatoms. The lowest BCUT2D eigenvalue weighted by molar-refractivity contribution is -0.136. The molecule has 1 aliphatic rings. The van der Waals surface area contributed by atoms with Gasteiger partial charge >= 0.3 is 5.97 Å². The van der Waals surface area contributed by atoms with Crippen molar-refractivity contribution in [1.82, 2.24) is 0 Å². The number of carbonyl (C=O) groups is 2. The summed E-state index contributed by atoms with van der Waals surface area (Å²) in [5, 5.41) is 0.653. The van der Waals surface area contributed by atoms with E-state index in [-0.39, 0.29) is 12.5 Å². The van der Waals surface area contributed by atoms with Crippen LogP contribution in [0.2, 0.25) is 5.02 Å². The van der Waals surface area contributed by atoms with Gasteiger partial charge in [-0.15, -0.1) is 0 Å². The van der Waals surface area contributed by atoms with E-state index in [0.717, 1.165) is 30.6 Å². The minimum Gasteiger partial charge on any atom is -0.482 e. The van der Waals surface area contributed by atoms with Crippen molar-refractivity contribution >= 4 is 29.2 Å². The molecule has 0 unspecified atom stereocenters. The second kappa shape index (κ2) is 8.23. The number of ether oxygens (including phenoxy) is 2. The summed E-state index contributed by atoms with van der Waals surface area (Å²) in [7, 11) is 0. The summed E-state index contributed by atoms with van der Waals surface area (Å²) < 4.78 is 10.7. The van der Waals surface area contributed by atoms with Gasteiger partial charge in [-0.1, -0.05) is 18.5 Å². The number of halogens is 1. The Morgan fingerprint density at radius 3 is 2.54 bits per heavy atom. The molecule has 0 saturated carbocycles. The number of rotatable bonds is 6. The van der Waals surface area contributed by atoms with Crippen molar-refractivity contribution in [2.45, 2.75) is 26.2 Å². The molecule has 5 nitrogen and oxygen atoms in total. The van der Waals surface area contributed by atoms with Crippen LogP contribution >= 0.6 is 11.6 Å². The molecule has 1 saturated heterocycles. The largest absolute Gasteiger partial charge is 0.482 e. The summed E-state index contributed by atoms with van der Waals surface area (Å²) in [6.07, 6.45) is 2.23. The molecule has 0 spiro atoms. The highest BCUT2D eigenvalue weighted by molar-refractivity contribution is 6.31. The van der Waals surface area contributed by atoms with Crippen LogP contribution in [0.1, 0.15) is 25.3 Å². The number of carbonyl (C=O) groups excluding carboxylic acids is 2. The van der Waals surface area contributed by atoms with E-state index in [1.807, 2.05) is 19.1 Å². The second-order valence-electron chi connectivity index (χ2n) is 6.01. The van der Waals surface area contributed by atoms with Crippen LogP contribution in [-0.2, 0) is 16.0 Å². The maximum Gasteiger partial charge on any atom is 0.349 e. The summed E-state index contributed by atoms with van der Waals surface area (Å²) in [6, 6.07) is 12.2. The van der Waals surface area contributed by atoms with Crippen LogP contribution < -0.4 is 14.4 Å². The summed E-state index contributed by atoms with van der Waals surface area (Å²) in [5.41, 5.74) is 1.76. The fourth-order valence-corrected chi connectivity index (χ4v) is 3.08. The molecule has 3 rings (SSSR count). The predicted molar refractivity (Wildman–Crippen MR) is 100.0 cm³/mol. The molecule has 1 amide bonds. The van der Waals surface area contributed by atoms with Crippen LogP contribution in [0, 0.1) is 0 Å². The zero-order chi connectivity index (χ0) is 18.5. The summed E-state index contributed by atoms with van der Waals surface area (Å²) in [6.45, 7) is 2.52. The monoisotopic (exact) mass is 373 g/mol. The van der Waals surface area contributed by atoms with Crippen LogP contribution in [0.15, 0.2) is 42.5 Å². The highest BCUT2D eigenvalue weighted by atomic mass is 35.5. The molecule has 0 aliphatic carbocycles. The number of amides is 1. The van der Waals surface area contributed by atoms with Crippen molar-refractivity contribution in [3.05, 3.63) is 53.1 Å². The van der Waals surface area contributed by atoms with Crippen molar-refractivity contribution < 1.29 is 19.1 Å². The van der Waals surface area contributed by atoms with E-state index >= 15 is 0 Å². The number of nitrogens with zero attached hydrogens (tertiary/aromatic N) is 1. The van der Waals surface area contributed by atoms with Crippen LogP contribution in [0.25, 0.3) is 0 Å². The number of benzene rings is 2. The van der Waals surface area contributed by atoms with Gasteiger partial charge in [0.2, 0.25) is 5.91 Å². The number of anilines is 1. The molecule has 1 aliphatic heterocycles. The SMILES string of the molecule is CCc1cc(OC(=O)COc2ccc(N3CCCC3=O)cc2)ccc1Cl. The minimum atomic E-state index is -0.492. The van der Waals surface area contributed by atoms with Gasteiger partial charge < -0.3 is 14.4 Å². The number of hydrogen-bond acceptors (Lipinski definition) is 4. The smallest absolute Gasteiger partial charge is 0.349 e. The molecule has 2 aromatic rings. The molecule has 26 heavy (non-hydrogen) atoms. The molecule has 1 heterocycles. The molecule has 1 fully saturated rings. The molecular formula is C20H20ClNO4. The third kappa shape index (κ3) is 4.35. The van der Waals surface area contributed by atoms with E-state index in [1.54, 1.807) is 35.2 Å². The Morgan fingerprint density at radius 2 is 1.88 bits per heavy atom. The molecule has 0 atom stereocenters. The molecule has 0 aromatic heterocycles. The highest BCUT2D eigenvalue weighted by Gasteiger charge is 2.21. The number of esters is 1. The minimum absolute atomic E-state index is 0.136. The lowest BCUT2D eigenvalue weighted by Crippen LogP contribution is -2.23. The van der Waals surface area contributed by atoms with Gasteiger partial charge in [0, 0.05) is 23.7 Å². The first kappa shape index (κ1) is 18.3. The van der Waals surface area contributed by atoms with Crippen molar-refractivity contribution in [2.24, 2.45) is 0 Å². The first-order valence-corrected chi connectivity index (χ1v) is 8.97. The molecule has 0 radical (unpaired) electrons. The Labute approximate surface area is 157 Å². The summed E-state index contributed by atoms with van der Waals surface area (Å²) in [5.74, 6) is 0.635. The van der Waals surface area contributed by atoms with E-state index in [1.165, 1.54) is 0 Å². The fourth-order valence-electron chi connectivity index (χ4n) is 2.83. The van der Waals surface area contributed by atoms with Crippen LogP contribution in [0.4, 0.5) is 5.69 Å². The van der Waals surface area contributed by atoms with Crippen molar-refractivity contribution in [2.75, 3.05) is 18.1 Å². The quantitative estimate of drug-likeness (QED) is 0.567. The standard InChI is InChI=1S/C20H20ClNO4/c1-2-14-12-17(9-10-18(14)21)26-20(24)13-25-16-7-5-15(6-8-16)22-11-3-4-19(22)23/h5-10,12H,2-4,11,13H2,1H3. The fraction of sp³-hybridized carbons (Fsp3) is 0.300. The molecule has 0 bridgehead atoms. The van der Waals surface area contributed by atoms with Crippen molar-refractivity contribution in [1.29, 1.82) is 0 Å². The van der Waals surface area contributed by atoms with Crippen LogP contribution in [0.5, 0.6) is 11.5 Å². The number of hydrogen-bond donors (Lipinski definition) is 0. The first-order valence-electron chi connectivity index (χ1n) is 8.59. The van der Waals surface area contributed by atoms with E-state index in [2.05, 4.69) is 0 Å². The Bertz CT molecular complexity index is 804. The first-order chi connectivity index (χ1) is 12.6. The van der Waals surface area contributed by atoms with Gasteiger partial charge in [0.15, 0.2) is 6.61 Å². The lowest BCUT2D eigenvalue weighted by Gasteiger charge is -2.16. The average Bonchev–Trinajstić information content (AvgIpc) is 3.08. The zero-order valence-corrected chi connectivity index (χ0v) is 15.3. The Balaban J connectivity index is 1.53. The summed E-state index contributed by atoms with van der Waals surface area (Å²) in [4.78, 5) is 25.5. The van der Waals surface area contributed by atoms with Gasteiger partial charge in [-0.05, 0) is 60.9 Å². The van der Waals surface area contributed by atoms with Gasteiger partial charge in [-0.25, -0.2) is 4.79 Å². The van der Waals surface area contributed by atoms with Crippen LogP contribution in [-0.4, -0.2) is 25.0 Å². The zero-order valence-electron chi connectivity index (χ0n) is 14.5. The normalized spacial score (nSPS) is 13.8. The highest BCUT2D eigenvalue weighted by Crippen LogP contribution is 2.24. The Hall–Kier alpha value is -2.53. The second-order valence-corrected chi connectivity index (χ2v) is 6.42. The molecule has 136 valence electrons. The molecular weight excluding hydrogens is 354 g/mol. The van der Waals surface area contributed by atoms with E-state index in [0.29, 0.717) is 22.9 Å². The lowest BCUT2D eigenvalue weighted by atomic mass is 10.1. The van der Waals surface area contributed by atoms with Gasteiger partial charge in [-0.2, -0.15) is 0 Å². The average molecular weight is 374 g/mol. The van der Waals surface area contributed by atoms with Gasteiger partial charge in [0.1, 0.15) is 11.5 Å². The van der Waals surface area contributed by atoms with Crippen LogP contribution in [0.3, 0.4) is 0 Å². The van der Waals surface area contributed by atoms with Crippen molar-refractivity contribution in [3.8, 4) is 11.5 Å². The predicted octanol–water partition coefficient (Wildman–Crippen LogP) is 4.01. The van der Waals surface area contributed by atoms with Crippen molar-refractivity contribution in [3.63, 3.8) is 0 Å². The molecule has 0 N–H and O–H groups in total. The van der Waals surface area contributed by atoms with Gasteiger partial charge in [-0.3, -0.25) is 4.79 Å². The maximum atomic E-state index is 12.0.